The van der Waals surface area contributed by atoms with E-state index in [4.69, 9.17) is 9.47 Å². The van der Waals surface area contributed by atoms with E-state index in [1.54, 1.807) is 20.8 Å². The van der Waals surface area contributed by atoms with Crippen molar-refractivity contribution in [2.45, 2.75) is 59.0 Å². The van der Waals surface area contributed by atoms with Gasteiger partial charge in [-0.2, -0.15) is 0 Å². The summed E-state index contributed by atoms with van der Waals surface area (Å²) in [6.45, 7) is 7.66. The standard InChI is InChI=1S/C14H24O4/c1-5-17-12(16)13(3,4)11(15)14(18-6-2)9-7-8-10-14/h5-10H2,1-4H3. The van der Waals surface area contributed by atoms with Crippen LogP contribution in [0.5, 0.6) is 0 Å². The van der Waals surface area contributed by atoms with Gasteiger partial charge in [0.2, 0.25) is 0 Å². The van der Waals surface area contributed by atoms with Crippen LogP contribution in [0, 0.1) is 5.41 Å². The first-order valence-corrected chi connectivity index (χ1v) is 6.77. The molecule has 0 atom stereocenters. The lowest BCUT2D eigenvalue weighted by Gasteiger charge is -2.34. The highest BCUT2D eigenvalue weighted by Gasteiger charge is 2.51. The van der Waals surface area contributed by atoms with Gasteiger partial charge in [-0.05, 0) is 53.4 Å². The van der Waals surface area contributed by atoms with Crippen molar-refractivity contribution in [3.05, 3.63) is 0 Å². The van der Waals surface area contributed by atoms with Crippen LogP contribution in [0.15, 0.2) is 0 Å². The fourth-order valence-corrected chi connectivity index (χ4v) is 2.63. The minimum Gasteiger partial charge on any atom is -0.465 e. The van der Waals surface area contributed by atoms with E-state index in [0.29, 0.717) is 19.4 Å². The fourth-order valence-electron chi connectivity index (χ4n) is 2.63. The molecule has 0 aromatic rings. The van der Waals surface area contributed by atoms with Crippen LogP contribution >= 0.6 is 0 Å². The highest BCUT2D eigenvalue weighted by Crippen LogP contribution is 2.39. The molecule has 4 nitrogen and oxygen atoms in total. The van der Waals surface area contributed by atoms with Crippen LogP contribution in [0.4, 0.5) is 0 Å². The van der Waals surface area contributed by atoms with Gasteiger partial charge in [-0.15, -0.1) is 0 Å². The first kappa shape index (κ1) is 15.2. The number of ether oxygens (including phenoxy) is 2. The fraction of sp³-hybridized carbons (Fsp3) is 0.857. The maximum absolute atomic E-state index is 12.7. The molecule has 1 saturated carbocycles. The molecule has 0 spiro atoms. The Morgan fingerprint density at radius 3 is 2.11 bits per heavy atom. The van der Waals surface area contributed by atoms with Gasteiger partial charge in [0, 0.05) is 6.61 Å². The Labute approximate surface area is 109 Å². The zero-order chi connectivity index (χ0) is 13.8. The van der Waals surface area contributed by atoms with Crippen LogP contribution in [-0.4, -0.2) is 30.6 Å². The minimum absolute atomic E-state index is 0.132. The Kier molecular flexibility index (Phi) is 4.91. The second-order valence-corrected chi connectivity index (χ2v) is 5.31. The van der Waals surface area contributed by atoms with E-state index in [9.17, 15) is 9.59 Å². The van der Waals surface area contributed by atoms with Gasteiger partial charge in [-0.1, -0.05) is 0 Å². The van der Waals surface area contributed by atoms with E-state index < -0.39 is 17.0 Å². The summed E-state index contributed by atoms with van der Waals surface area (Å²) in [5.41, 5.74) is -1.90. The van der Waals surface area contributed by atoms with E-state index in [0.717, 1.165) is 12.8 Å². The summed E-state index contributed by atoms with van der Waals surface area (Å²) in [6, 6.07) is 0. The van der Waals surface area contributed by atoms with Crippen LogP contribution in [0.25, 0.3) is 0 Å². The van der Waals surface area contributed by atoms with Crippen LogP contribution in [0.2, 0.25) is 0 Å². The lowest BCUT2D eigenvalue weighted by Crippen LogP contribution is -2.50. The van der Waals surface area contributed by atoms with Gasteiger partial charge in [0.05, 0.1) is 6.61 Å². The van der Waals surface area contributed by atoms with Crippen LogP contribution in [0.3, 0.4) is 0 Å². The zero-order valence-electron chi connectivity index (χ0n) is 11.9. The maximum Gasteiger partial charge on any atom is 0.319 e. The molecule has 0 bridgehead atoms. The molecule has 1 aliphatic rings. The van der Waals surface area contributed by atoms with Crippen molar-refractivity contribution < 1.29 is 19.1 Å². The summed E-state index contributed by atoms with van der Waals surface area (Å²) >= 11 is 0. The summed E-state index contributed by atoms with van der Waals surface area (Å²) < 4.78 is 10.7. The van der Waals surface area contributed by atoms with Gasteiger partial charge in [0.1, 0.15) is 11.0 Å². The quantitative estimate of drug-likeness (QED) is 0.541. The normalized spacial score (nSPS) is 18.7. The summed E-state index contributed by atoms with van der Waals surface area (Å²) in [5.74, 6) is -0.589. The molecule has 4 heteroatoms. The number of ketones is 1. The number of hydrogen-bond acceptors (Lipinski definition) is 4. The Morgan fingerprint density at radius 1 is 1.11 bits per heavy atom. The monoisotopic (exact) mass is 256 g/mol. The first-order chi connectivity index (χ1) is 8.40. The Balaban J connectivity index is 2.92. The minimum atomic E-state index is -1.13. The van der Waals surface area contributed by atoms with E-state index in [1.165, 1.54) is 0 Å². The summed E-state index contributed by atoms with van der Waals surface area (Å²) in [6.07, 6.45) is 3.38. The number of Topliss-reactive ketones (excluding diaryl/α,β-unsaturated/α-hetero) is 1. The number of hydrogen-bond donors (Lipinski definition) is 0. The molecule has 0 unspecified atom stereocenters. The molecule has 104 valence electrons. The molecule has 1 fully saturated rings. The lowest BCUT2D eigenvalue weighted by atomic mass is 9.77. The summed E-state index contributed by atoms with van der Waals surface area (Å²) in [7, 11) is 0. The van der Waals surface area contributed by atoms with Crippen molar-refractivity contribution in [3.63, 3.8) is 0 Å². The summed E-state index contributed by atoms with van der Waals surface area (Å²) in [4.78, 5) is 24.6. The third kappa shape index (κ3) is 2.74. The molecule has 1 rings (SSSR count). The van der Waals surface area contributed by atoms with Gasteiger partial charge in [-0.25, -0.2) is 0 Å². The molecule has 18 heavy (non-hydrogen) atoms. The summed E-state index contributed by atoms with van der Waals surface area (Å²) in [5, 5.41) is 0. The third-order valence-electron chi connectivity index (χ3n) is 3.60. The van der Waals surface area contributed by atoms with E-state index in [2.05, 4.69) is 0 Å². The molecule has 0 amide bonds. The van der Waals surface area contributed by atoms with Crippen molar-refractivity contribution >= 4 is 11.8 Å². The number of carbonyl (C=O) groups excluding carboxylic acids is 2. The molecule has 0 heterocycles. The van der Waals surface area contributed by atoms with Crippen LogP contribution < -0.4 is 0 Å². The zero-order valence-corrected chi connectivity index (χ0v) is 11.9. The highest BCUT2D eigenvalue weighted by molar-refractivity contribution is 6.07. The van der Waals surface area contributed by atoms with Gasteiger partial charge >= 0.3 is 5.97 Å². The van der Waals surface area contributed by atoms with Crippen molar-refractivity contribution in [2.75, 3.05) is 13.2 Å². The molecule has 1 aliphatic carbocycles. The smallest absolute Gasteiger partial charge is 0.319 e. The third-order valence-corrected chi connectivity index (χ3v) is 3.60. The van der Waals surface area contributed by atoms with Gasteiger partial charge in [0.25, 0.3) is 0 Å². The lowest BCUT2D eigenvalue weighted by molar-refractivity contribution is -0.168. The molecule has 0 saturated heterocycles. The molecular formula is C14H24O4. The van der Waals surface area contributed by atoms with Crippen molar-refractivity contribution in [1.82, 2.24) is 0 Å². The number of esters is 1. The second kappa shape index (κ2) is 5.83. The van der Waals surface area contributed by atoms with E-state index in [-0.39, 0.29) is 12.4 Å². The van der Waals surface area contributed by atoms with Crippen molar-refractivity contribution in [3.8, 4) is 0 Å². The Hall–Kier alpha value is -0.900. The molecule has 0 aliphatic heterocycles. The Bertz CT molecular complexity index is 314. The molecule has 0 aromatic carbocycles. The van der Waals surface area contributed by atoms with Gasteiger partial charge < -0.3 is 9.47 Å². The first-order valence-electron chi connectivity index (χ1n) is 6.77. The Morgan fingerprint density at radius 2 is 1.67 bits per heavy atom. The molecule has 0 radical (unpaired) electrons. The molecule has 0 aromatic heterocycles. The van der Waals surface area contributed by atoms with Gasteiger partial charge in [0.15, 0.2) is 5.78 Å². The van der Waals surface area contributed by atoms with Crippen molar-refractivity contribution in [2.24, 2.45) is 5.41 Å². The average molecular weight is 256 g/mol. The largest absolute Gasteiger partial charge is 0.465 e. The van der Waals surface area contributed by atoms with E-state index in [1.807, 2.05) is 6.92 Å². The van der Waals surface area contributed by atoms with Crippen LogP contribution in [0.1, 0.15) is 53.4 Å². The van der Waals surface area contributed by atoms with Crippen molar-refractivity contribution in [1.29, 1.82) is 0 Å². The van der Waals surface area contributed by atoms with Gasteiger partial charge in [-0.3, -0.25) is 9.59 Å². The predicted octanol–water partition coefficient (Wildman–Crippen LogP) is 2.49. The second-order valence-electron chi connectivity index (χ2n) is 5.31. The number of carbonyl (C=O) groups is 2. The SMILES string of the molecule is CCOC(=O)C(C)(C)C(=O)C1(OCC)CCCC1. The van der Waals surface area contributed by atoms with Crippen LogP contribution in [-0.2, 0) is 19.1 Å². The maximum atomic E-state index is 12.7. The topological polar surface area (TPSA) is 52.6 Å². The highest BCUT2D eigenvalue weighted by atomic mass is 16.5. The average Bonchev–Trinajstić information content (AvgIpc) is 2.78. The molecule has 0 N–H and O–H groups in total. The van der Waals surface area contributed by atoms with E-state index >= 15 is 0 Å². The predicted molar refractivity (Wildman–Crippen MR) is 68.2 cm³/mol. The molecular weight excluding hydrogens is 232 g/mol. The number of rotatable bonds is 6.